The lowest BCUT2D eigenvalue weighted by Crippen LogP contribution is -2.59. The monoisotopic (exact) mass is 312 g/mol. The van der Waals surface area contributed by atoms with Crippen LogP contribution in [0, 0.1) is 10.1 Å². The summed E-state index contributed by atoms with van der Waals surface area (Å²) in [4.78, 5) is 20.1. The van der Waals surface area contributed by atoms with Crippen molar-refractivity contribution in [3.8, 4) is 0 Å². The summed E-state index contributed by atoms with van der Waals surface area (Å²) in [5.41, 5.74) is 0.929. The third-order valence-electron chi connectivity index (χ3n) is 5.28. The molecular weight excluding hydrogens is 292 g/mol. The fourth-order valence-electron chi connectivity index (χ4n) is 3.90. The normalized spacial score (nSPS) is 24.8. The molecule has 120 valence electrons. The maximum Gasteiger partial charge on any atom is 0.270 e. The zero-order valence-corrected chi connectivity index (χ0v) is 13.2. The highest BCUT2D eigenvalue weighted by Crippen LogP contribution is 2.30. The number of anilines is 1. The van der Waals surface area contributed by atoms with Gasteiger partial charge >= 0.3 is 0 Å². The van der Waals surface area contributed by atoms with E-state index in [9.17, 15) is 10.1 Å². The zero-order valence-electron chi connectivity index (χ0n) is 13.2. The largest absolute Gasteiger partial charge is 0.353 e. The van der Waals surface area contributed by atoms with E-state index in [0.717, 1.165) is 29.8 Å². The van der Waals surface area contributed by atoms with Gasteiger partial charge < -0.3 is 4.90 Å². The topological polar surface area (TPSA) is 62.5 Å². The number of piperazine rings is 1. The molecule has 3 heterocycles. The Bertz CT molecular complexity index is 749. The minimum Gasteiger partial charge on any atom is -0.353 e. The van der Waals surface area contributed by atoms with E-state index in [1.807, 2.05) is 12.1 Å². The third kappa shape index (κ3) is 2.53. The van der Waals surface area contributed by atoms with E-state index in [1.165, 1.54) is 25.3 Å². The molecule has 2 aromatic rings. The fourth-order valence-corrected chi connectivity index (χ4v) is 3.90. The van der Waals surface area contributed by atoms with Crippen LogP contribution in [-0.4, -0.2) is 47.0 Å². The Hall–Kier alpha value is -2.21. The summed E-state index contributed by atoms with van der Waals surface area (Å²) in [7, 11) is 2.23. The molecule has 23 heavy (non-hydrogen) atoms. The predicted molar refractivity (Wildman–Crippen MR) is 89.8 cm³/mol. The van der Waals surface area contributed by atoms with Gasteiger partial charge in [-0.1, -0.05) is 6.42 Å². The van der Waals surface area contributed by atoms with Crippen molar-refractivity contribution in [2.24, 2.45) is 0 Å². The zero-order chi connectivity index (χ0) is 16.0. The molecule has 6 heteroatoms. The maximum absolute atomic E-state index is 10.9. The molecule has 6 nitrogen and oxygen atoms in total. The summed E-state index contributed by atoms with van der Waals surface area (Å²) in [5, 5.41) is 11.7. The highest BCUT2D eigenvalue weighted by molar-refractivity contribution is 5.82. The molecular formula is C17H20N4O2. The van der Waals surface area contributed by atoms with Crippen molar-refractivity contribution in [1.82, 2.24) is 9.88 Å². The second-order valence-electron chi connectivity index (χ2n) is 6.61. The van der Waals surface area contributed by atoms with E-state index in [1.54, 1.807) is 12.1 Å². The minimum absolute atomic E-state index is 0.112. The summed E-state index contributed by atoms with van der Waals surface area (Å²) in [6.45, 7) is 2.02. The molecule has 0 N–H and O–H groups in total. The Kier molecular flexibility index (Phi) is 3.41. The number of hydrogen-bond donors (Lipinski definition) is 0. The van der Waals surface area contributed by atoms with E-state index in [4.69, 9.17) is 4.98 Å². The van der Waals surface area contributed by atoms with E-state index in [-0.39, 0.29) is 10.6 Å². The lowest BCUT2D eigenvalue weighted by molar-refractivity contribution is -0.384. The van der Waals surface area contributed by atoms with Gasteiger partial charge in [-0.05, 0) is 38.1 Å². The van der Waals surface area contributed by atoms with Crippen LogP contribution in [0.15, 0.2) is 30.3 Å². The number of aromatic nitrogens is 1. The molecule has 0 saturated carbocycles. The van der Waals surface area contributed by atoms with Gasteiger partial charge in [-0.15, -0.1) is 0 Å². The van der Waals surface area contributed by atoms with Gasteiger partial charge in [0.1, 0.15) is 5.82 Å². The summed E-state index contributed by atoms with van der Waals surface area (Å²) >= 11 is 0. The van der Waals surface area contributed by atoms with Crippen molar-refractivity contribution < 1.29 is 4.92 Å². The van der Waals surface area contributed by atoms with Crippen molar-refractivity contribution in [2.75, 3.05) is 25.0 Å². The number of pyridine rings is 1. The second-order valence-corrected chi connectivity index (χ2v) is 6.61. The molecule has 0 amide bonds. The molecule has 2 fully saturated rings. The van der Waals surface area contributed by atoms with E-state index in [0.29, 0.717) is 12.1 Å². The lowest BCUT2D eigenvalue weighted by Gasteiger charge is -2.48. The minimum atomic E-state index is -0.366. The maximum atomic E-state index is 10.9. The number of rotatable bonds is 2. The summed E-state index contributed by atoms with van der Waals surface area (Å²) in [6.07, 6.45) is 3.83. The first-order chi connectivity index (χ1) is 11.1. The number of nitro groups is 1. The average Bonchev–Trinajstić information content (AvgIpc) is 2.53. The van der Waals surface area contributed by atoms with Gasteiger partial charge in [0.2, 0.25) is 0 Å². The lowest BCUT2D eigenvalue weighted by atomic mass is 9.92. The van der Waals surface area contributed by atoms with Crippen LogP contribution < -0.4 is 4.90 Å². The van der Waals surface area contributed by atoms with Gasteiger partial charge in [0.05, 0.1) is 10.4 Å². The van der Waals surface area contributed by atoms with E-state index >= 15 is 0 Å². The van der Waals surface area contributed by atoms with Crippen LogP contribution in [0.1, 0.15) is 19.3 Å². The smallest absolute Gasteiger partial charge is 0.270 e. The van der Waals surface area contributed by atoms with E-state index < -0.39 is 0 Å². The fraction of sp³-hybridized carbons (Fsp3) is 0.471. The quantitative estimate of drug-likeness (QED) is 0.630. The summed E-state index contributed by atoms with van der Waals surface area (Å²) in [5.74, 6) is 0.983. The number of piperidine rings is 1. The van der Waals surface area contributed by atoms with Crippen molar-refractivity contribution in [1.29, 1.82) is 0 Å². The second kappa shape index (κ2) is 5.45. The number of non-ortho nitro benzene ring substituents is 1. The van der Waals surface area contributed by atoms with E-state index in [2.05, 4.69) is 16.8 Å². The van der Waals surface area contributed by atoms with Crippen molar-refractivity contribution in [3.05, 3.63) is 40.4 Å². The molecule has 2 aliphatic rings. The van der Waals surface area contributed by atoms with Gasteiger partial charge in [0.15, 0.2) is 0 Å². The number of nitrogens with zero attached hydrogens (tertiary/aromatic N) is 4. The van der Waals surface area contributed by atoms with Gasteiger partial charge in [-0.25, -0.2) is 4.98 Å². The number of fused-ring (bicyclic) bond motifs is 3. The molecule has 4 rings (SSSR count). The highest BCUT2D eigenvalue weighted by atomic mass is 16.6. The average molecular weight is 312 g/mol. The molecule has 2 unspecified atom stereocenters. The Morgan fingerprint density at radius 1 is 1.17 bits per heavy atom. The Balaban J connectivity index is 1.64. The molecule has 0 aliphatic carbocycles. The predicted octanol–water partition coefficient (Wildman–Crippen LogP) is 2.82. The van der Waals surface area contributed by atoms with Crippen LogP contribution >= 0.6 is 0 Å². The number of benzene rings is 1. The van der Waals surface area contributed by atoms with Crippen molar-refractivity contribution in [2.45, 2.75) is 31.3 Å². The van der Waals surface area contributed by atoms with Crippen LogP contribution in [0.2, 0.25) is 0 Å². The molecule has 0 radical (unpaired) electrons. The van der Waals surface area contributed by atoms with Crippen molar-refractivity contribution >= 4 is 22.4 Å². The molecule has 0 spiro atoms. The Morgan fingerprint density at radius 3 is 2.61 bits per heavy atom. The first-order valence-corrected chi connectivity index (χ1v) is 8.14. The van der Waals surface area contributed by atoms with Crippen LogP contribution in [0.3, 0.4) is 0 Å². The Morgan fingerprint density at radius 2 is 1.91 bits per heavy atom. The number of hydrogen-bond acceptors (Lipinski definition) is 5. The van der Waals surface area contributed by atoms with Gasteiger partial charge in [-0.2, -0.15) is 0 Å². The van der Waals surface area contributed by atoms with Crippen LogP contribution in [0.4, 0.5) is 11.5 Å². The molecule has 2 bridgehead atoms. The molecule has 2 atom stereocenters. The van der Waals surface area contributed by atoms with Crippen LogP contribution in [0.5, 0.6) is 0 Å². The van der Waals surface area contributed by atoms with Crippen molar-refractivity contribution in [3.63, 3.8) is 0 Å². The standard InChI is InChI=1S/C17H20N4O2/c1-19-14-3-2-4-15(19)11-20(10-14)17-8-5-12-9-13(21(22)23)6-7-16(12)18-17/h5-9,14-15H,2-4,10-11H2,1H3. The molecule has 1 aromatic carbocycles. The first kappa shape index (κ1) is 14.4. The summed E-state index contributed by atoms with van der Waals surface area (Å²) in [6, 6.07) is 10.0. The SMILES string of the molecule is CN1C2CCCC1CN(c1ccc3cc([N+](=O)[O-])ccc3n1)C2. The summed E-state index contributed by atoms with van der Waals surface area (Å²) < 4.78 is 0. The van der Waals surface area contributed by atoms with Crippen LogP contribution in [-0.2, 0) is 0 Å². The van der Waals surface area contributed by atoms with Crippen LogP contribution in [0.25, 0.3) is 10.9 Å². The Labute approximate surface area is 134 Å². The number of nitro benzene ring substituents is 1. The number of likely N-dealkylation sites (N-methyl/N-ethyl adjacent to an activating group) is 1. The third-order valence-corrected chi connectivity index (χ3v) is 5.28. The molecule has 2 aliphatic heterocycles. The molecule has 2 saturated heterocycles. The molecule has 1 aromatic heterocycles. The highest BCUT2D eigenvalue weighted by Gasteiger charge is 2.35. The first-order valence-electron chi connectivity index (χ1n) is 8.14. The van der Waals surface area contributed by atoms with Gasteiger partial charge in [-0.3, -0.25) is 15.0 Å². The van der Waals surface area contributed by atoms with Gasteiger partial charge in [0, 0.05) is 42.7 Å². The van der Waals surface area contributed by atoms with Gasteiger partial charge in [0.25, 0.3) is 5.69 Å².